The monoisotopic (exact) mass is 642 g/mol. The zero-order valence-electron chi connectivity index (χ0n) is 22.8. The topological polar surface area (TPSA) is 135 Å². The van der Waals surface area contributed by atoms with Gasteiger partial charge in [0.2, 0.25) is 0 Å². The van der Waals surface area contributed by atoms with Crippen LogP contribution in [-0.2, 0) is 17.3 Å². The number of hydrogen-bond donors (Lipinski definition) is 5. The van der Waals surface area contributed by atoms with Crippen molar-refractivity contribution in [3.63, 3.8) is 0 Å². The number of rotatable bonds is 10. The summed E-state index contributed by atoms with van der Waals surface area (Å²) in [6.45, 7) is 3.50. The van der Waals surface area contributed by atoms with Crippen LogP contribution in [0.5, 0.6) is 5.75 Å². The third kappa shape index (κ3) is 7.24. The molecule has 4 rings (SSSR count). The van der Waals surface area contributed by atoms with Crippen LogP contribution in [0.4, 0.5) is 14.5 Å². The van der Waals surface area contributed by atoms with Gasteiger partial charge in [-0.15, -0.1) is 0 Å². The highest BCUT2D eigenvalue weighted by Crippen LogP contribution is 2.43. The van der Waals surface area contributed by atoms with Gasteiger partial charge in [0.15, 0.2) is 0 Å². The van der Waals surface area contributed by atoms with Crippen LogP contribution in [0.2, 0.25) is 10.0 Å². The Bertz CT molecular complexity index is 1480. The van der Waals surface area contributed by atoms with Crippen LogP contribution in [0, 0.1) is 0 Å². The van der Waals surface area contributed by atoms with Crippen molar-refractivity contribution >= 4 is 53.3 Å². The van der Waals surface area contributed by atoms with Crippen molar-refractivity contribution in [3.05, 3.63) is 79.2 Å². The normalized spacial score (nSPS) is 14.3. The molecule has 14 heteroatoms. The van der Waals surface area contributed by atoms with Gasteiger partial charge in [-0.2, -0.15) is 0 Å². The van der Waals surface area contributed by atoms with E-state index in [2.05, 4.69) is 15.6 Å². The third-order valence-corrected chi connectivity index (χ3v) is 8.54. The molecule has 1 unspecified atom stereocenters. The fraction of sp³-hybridized carbons (Fsp3) is 0.321. The van der Waals surface area contributed by atoms with E-state index in [4.69, 9.17) is 28.0 Å². The number of benzene rings is 2. The molecule has 1 aliphatic heterocycles. The van der Waals surface area contributed by atoms with Crippen LogP contribution in [0.1, 0.15) is 46.6 Å². The Morgan fingerprint density at radius 2 is 1.88 bits per heavy atom. The molecule has 0 spiro atoms. The summed E-state index contributed by atoms with van der Waals surface area (Å²) < 4.78 is 28.5. The SMILES string of the molecule is C=O.CNCCCNc1cc2c(cc1O)CN(C(=O)c1c(Sc3c(Cl)cccc3Cl)cc(C(C)(F)F)[nH]c1=O)C2CO. The molecule has 0 bridgehead atoms. The number of phenols is 1. The molecule has 0 saturated carbocycles. The van der Waals surface area contributed by atoms with Crippen molar-refractivity contribution in [2.24, 2.45) is 0 Å². The molecule has 1 aromatic heterocycles. The molecular formula is C28H30Cl2F2N4O5S. The first-order valence-corrected chi connectivity index (χ1v) is 14.3. The first kappa shape index (κ1) is 33.3. The first-order chi connectivity index (χ1) is 20.0. The van der Waals surface area contributed by atoms with E-state index in [0.29, 0.717) is 30.3 Å². The van der Waals surface area contributed by atoms with Gasteiger partial charge in [0.05, 0.1) is 34.1 Å². The minimum Gasteiger partial charge on any atom is -0.506 e. The molecular weight excluding hydrogens is 613 g/mol. The smallest absolute Gasteiger partial charge is 0.284 e. The van der Waals surface area contributed by atoms with Crippen LogP contribution >= 0.6 is 35.0 Å². The molecule has 1 atom stereocenters. The highest BCUT2D eigenvalue weighted by Gasteiger charge is 2.38. The van der Waals surface area contributed by atoms with Gasteiger partial charge in [-0.05, 0) is 61.5 Å². The zero-order valence-corrected chi connectivity index (χ0v) is 25.1. The highest BCUT2D eigenvalue weighted by atomic mass is 35.5. The maximum Gasteiger partial charge on any atom is 0.284 e. The predicted molar refractivity (Wildman–Crippen MR) is 159 cm³/mol. The molecule has 2 heterocycles. The number of fused-ring (bicyclic) bond motifs is 1. The summed E-state index contributed by atoms with van der Waals surface area (Å²) in [7, 11) is 1.84. The Labute approximate surface area is 255 Å². The van der Waals surface area contributed by atoms with Gasteiger partial charge in [-0.3, -0.25) is 9.59 Å². The lowest BCUT2D eigenvalue weighted by atomic mass is 10.0. The van der Waals surface area contributed by atoms with Crippen LogP contribution in [0.3, 0.4) is 0 Å². The minimum atomic E-state index is -3.40. The third-order valence-electron chi connectivity index (χ3n) is 6.50. The van der Waals surface area contributed by atoms with Gasteiger partial charge in [0.1, 0.15) is 18.1 Å². The summed E-state index contributed by atoms with van der Waals surface area (Å²) in [4.78, 5) is 38.7. The van der Waals surface area contributed by atoms with Crippen molar-refractivity contribution in [2.75, 3.05) is 32.1 Å². The quantitative estimate of drug-likeness (QED) is 0.151. The molecule has 226 valence electrons. The Morgan fingerprint density at radius 1 is 1.21 bits per heavy atom. The number of carbonyl (C=O) groups excluding carboxylic acids is 2. The van der Waals surface area contributed by atoms with Crippen molar-refractivity contribution in [1.29, 1.82) is 0 Å². The second kappa shape index (κ2) is 14.3. The molecule has 0 fully saturated rings. The number of aliphatic hydroxyl groups is 1. The molecule has 5 N–H and O–H groups in total. The summed E-state index contributed by atoms with van der Waals surface area (Å²) in [5.41, 5.74) is -0.461. The van der Waals surface area contributed by atoms with E-state index >= 15 is 0 Å². The van der Waals surface area contributed by atoms with E-state index in [1.165, 1.54) is 11.0 Å². The lowest BCUT2D eigenvalue weighted by Crippen LogP contribution is -2.36. The van der Waals surface area contributed by atoms with E-state index in [1.54, 1.807) is 24.3 Å². The van der Waals surface area contributed by atoms with E-state index in [9.17, 15) is 28.6 Å². The molecule has 9 nitrogen and oxygen atoms in total. The number of aromatic nitrogens is 1. The summed E-state index contributed by atoms with van der Waals surface area (Å²) in [5, 5.41) is 27.4. The minimum absolute atomic E-state index is 0.0188. The van der Waals surface area contributed by atoms with Crippen LogP contribution in [0.25, 0.3) is 0 Å². The zero-order chi connectivity index (χ0) is 31.2. The van der Waals surface area contributed by atoms with Crippen LogP contribution in [-0.4, -0.2) is 59.5 Å². The Morgan fingerprint density at radius 3 is 2.48 bits per heavy atom. The second-order valence-electron chi connectivity index (χ2n) is 9.38. The lowest BCUT2D eigenvalue weighted by molar-refractivity contribution is -0.0980. The fourth-order valence-electron chi connectivity index (χ4n) is 4.49. The van der Waals surface area contributed by atoms with Gasteiger partial charge >= 0.3 is 0 Å². The number of carbonyl (C=O) groups is 2. The number of hydrogen-bond acceptors (Lipinski definition) is 8. The molecule has 1 aliphatic rings. The number of aromatic hydroxyl groups is 1. The maximum atomic E-state index is 14.3. The van der Waals surface area contributed by atoms with Gasteiger partial charge in [0.25, 0.3) is 17.4 Å². The van der Waals surface area contributed by atoms with Gasteiger partial charge in [-0.25, -0.2) is 8.78 Å². The van der Waals surface area contributed by atoms with Crippen molar-refractivity contribution in [1.82, 2.24) is 15.2 Å². The van der Waals surface area contributed by atoms with Crippen LogP contribution < -0.4 is 16.2 Å². The molecule has 2 aromatic carbocycles. The predicted octanol–water partition coefficient (Wildman–Crippen LogP) is 5.18. The molecule has 0 radical (unpaired) electrons. The average Bonchev–Trinajstić information content (AvgIpc) is 3.30. The average molecular weight is 644 g/mol. The van der Waals surface area contributed by atoms with E-state index in [0.717, 1.165) is 30.8 Å². The standard InChI is InChI=1S/C27H28Cl2F2N4O4S.CH2O/c1-27(30,31)22-11-21(40-24-16(28)5-3-6-17(24)29)23(25(38)34-22)26(39)35-12-14-9-20(37)18(33-8-4-7-32-2)10-15(14)19(35)13-36;1-2/h3,5-6,9-11,19,32-33,36-37H,4,7-8,12-13H2,1-2H3,(H,34,38);1H2. The number of amides is 1. The number of pyridine rings is 1. The van der Waals surface area contributed by atoms with Gasteiger partial charge in [0, 0.05) is 29.8 Å². The van der Waals surface area contributed by atoms with Crippen molar-refractivity contribution < 1.29 is 28.6 Å². The summed E-state index contributed by atoms with van der Waals surface area (Å²) in [6.07, 6.45) is 0.798. The Balaban J connectivity index is 0.00000237. The lowest BCUT2D eigenvalue weighted by Gasteiger charge is -2.25. The molecule has 3 aromatic rings. The molecule has 0 aliphatic carbocycles. The van der Waals surface area contributed by atoms with E-state index < -0.39 is 41.3 Å². The van der Waals surface area contributed by atoms with E-state index in [-0.39, 0.29) is 32.1 Å². The fourth-order valence-corrected chi connectivity index (χ4v) is 6.12. The van der Waals surface area contributed by atoms with Crippen molar-refractivity contribution in [2.45, 2.75) is 41.6 Å². The number of aromatic amines is 1. The van der Waals surface area contributed by atoms with Crippen LogP contribution in [0.15, 0.2) is 51.0 Å². The number of halogens is 4. The second-order valence-corrected chi connectivity index (χ2v) is 11.2. The number of nitrogens with one attached hydrogen (secondary N) is 3. The first-order valence-electron chi connectivity index (χ1n) is 12.7. The summed E-state index contributed by atoms with van der Waals surface area (Å²) in [5.74, 6) is -4.20. The number of alkyl halides is 2. The van der Waals surface area contributed by atoms with Gasteiger partial charge in [-0.1, -0.05) is 41.0 Å². The van der Waals surface area contributed by atoms with Gasteiger partial charge < -0.3 is 35.5 Å². The number of nitrogens with zero attached hydrogens (tertiary/aromatic N) is 1. The molecule has 42 heavy (non-hydrogen) atoms. The molecule has 1 amide bonds. The van der Waals surface area contributed by atoms with Crippen molar-refractivity contribution in [3.8, 4) is 5.75 Å². The maximum absolute atomic E-state index is 14.3. The Hall–Kier alpha value is -3.16. The largest absolute Gasteiger partial charge is 0.506 e. The number of H-pyrrole nitrogens is 1. The summed E-state index contributed by atoms with van der Waals surface area (Å²) in [6, 6.07) is 8.09. The number of anilines is 1. The molecule has 0 saturated heterocycles. The highest BCUT2D eigenvalue weighted by molar-refractivity contribution is 7.99. The number of aliphatic hydroxyl groups excluding tert-OH is 1. The summed E-state index contributed by atoms with van der Waals surface area (Å²) >= 11 is 13.4. The van der Waals surface area contributed by atoms with E-state index in [1.807, 2.05) is 13.8 Å². The Kier molecular flexibility index (Phi) is 11.4. The number of phenolic OH excluding ortho intramolecular Hbond substituents is 1.